The Bertz CT molecular complexity index is 2080. The van der Waals surface area contributed by atoms with Crippen molar-refractivity contribution in [2.75, 3.05) is 87.0 Å². The monoisotopic (exact) mass is 874 g/mol. The molecule has 8 rings (SSSR count). The van der Waals surface area contributed by atoms with Crippen LogP contribution >= 0.6 is 0 Å². The van der Waals surface area contributed by atoms with Crippen molar-refractivity contribution in [3.63, 3.8) is 0 Å². The topological polar surface area (TPSA) is 172 Å². The molecule has 0 bridgehead atoms. The fourth-order valence-corrected chi connectivity index (χ4v) is 12.9. The SMILES string of the molecule is CNC(=O)C(CCC=O)N(C=O)c1cccc(C2CCN(CC3CCN(S(=O)(=O)N4CCC(Nc5ncc6c(n5)N(C5CCCC5C)C(=O)C65CC5)CC4)CC3)CC2)c1N(C)C. The summed E-state index contributed by atoms with van der Waals surface area (Å²) >= 11 is 0. The van der Waals surface area contributed by atoms with Crippen molar-refractivity contribution in [1.82, 2.24) is 28.8 Å². The first-order valence-corrected chi connectivity index (χ1v) is 24.4. The Balaban J connectivity index is 0.814. The summed E-state index contributed by atoms with van der Waals surface area (Å²) in [6.07, 6.45) is 13.6. The highest BCUT2D eigenvalue weighted by molar-refractivity contribution is 7.86. The van der Waals surface area contributed by atoms with Gasteiger partial charge in [0.1, 0.15) is 18.1 Å². The Hall–Kier alpha value is -4.19. The normalized spacial score (nSPS) is 24.5. The van der Waals surface area contributed by atoms with Crippen LogP contribution in [0.5, 0.6) is 0 Å². The van der Waals surface area contributed by atoms with Crippen LogP contribution in [-0.2, 0) is 34.8 Å². The van der Waals surface area contributed by atoms with E-state index in [9.17, 15) is 27.6 Å². The van der Waals surface area contributed by atoms with Gasteiger partial charge in [0.25, 0.3) is 10.2 Å². The Morgan fingerprint density at radius 2 is 1.66 bits per heavy atom. The average molecular weight is 875 g/mol. The summed E-state index contributed by atoms with van der Waals surface area (Å²) in [6.45, 7) is 6.96. The maximum atomic E-state index is 13.9. The van der Waals surface area contributed by atoms with E-state index in [1.807, 2.05) is 42.2 Å². The zero-order valence-electron chi connectivity index (χ0n) is 37.0. The van der Waals surface area contributed by atoms with E-state index in [2.05, 4.69) is 33.5 Å². The molecule has 1 aromatic heterocycles. The molecule has 5 heterocycles. The lowest BCUT2D eigenvalue weighted by Gasteiger charge is -2.40. The lowest BCUT2D eigenvalue weighted by atomic mass is 9.86. The molecule has 1 aromatic carbocycles. The van der Waals surface area contributed by atoms with Gasteiger partial charge >= 0.3 is 0 Å². The molecular formula is C45H66N10O6S. The molecule has 0 radical (unpaired) electrons. The number of aldehydes is 1. The second-order valence-corrected chi connectivity index (χ2v) is 20.8. The van der Waals surface area contributed by atoms with Gasteiger partial charge in [-0.2, -0.15) is 22.0 Å². The number of anilines is 4. The van der Waals surface area contributed by atoms with Gasteiger partial charge in [-0.15, -0.1) is 0 Å². The van der Waals surface area contributed by atoms with Gasteiger partial charge in [-0.25, -0.2) is 4.98 Å². The van der Waals surface area contributed by atoms with E-state index in [1.165, 1.54) is 11.9 Å². The van der Waals surface area contributed by atoms with Gasteiger partial charge in [-0.05, 0) is 113 Å². The summed E-state index contributed by atoms with van der Waals surface area (Å²) in [5.41, 5.74) is 3.27. The number of likely N-dealkylation sites (N-methyl/N-ethyl adjacent to an activating group) is 1. The number of piperidine rings is 3. The number of nitrogens with one attached hydrogen (secondary N) is 2. The highest BCUT2D eigenvalue weighted by atomic mass is 32.2. The minimum atomic E-state index is -3.57. The van der Waals surface area contributed by atoms with Gasteiger partial charge in [0.15, 0.2) is 0 Å². The first-order valence-electron chi connectivity index (χ1n) is 23.0. The summed E-state index contributed by atoms with van der Waals surface area (Å²) in [7, 11) is 1.87. The van der Waals surface area contributed by atoms with E-state index in [0.717, 1.165) is 106 Å². The number of likely N-dealkylation sites (tertiary alicyclic amines) is 1. The third kappa shape index (κ3) is 8.58. The van der Waals surface area contributed by atoms with Crippen molar-refractivity contribution < 1.29 is 27.6 Å². The molecule has 3 amide bonds. The number of carbonyl (C=O) groups excluding carboxylic acids is 4. The van der Waals surface area contributed by atoms with Crippen molar-refractivity contribution in [1.29, 1.82) is 0 Å². The number of nitrogens with zero attached hydrogens (tertiary/aromatic N) is 8. The molecule has 2 saturated carbocycles. The van der Waals surface area contributed by atoms with Crippen molar-refractivity contribution in [3.05, 3.63) is 35.5 Å². The Kier molecular flexibility index (Phi) is 13.3. The van der Waals surface area contributed by atoms with Gasteiger partial charge in [0.2, 0.25) is 24.2 Å². The van der Waals surface area contributed by atoms with E-state index >= 15 is 0 Å². The maximum absolute atomic E-state index is 13.9. The van der Waals surface area contributed by atoms with Crippen LogP contribution in [0.3, 0.4) is 0 Å². The van der Waals surface area contributed by atoms with Crippen molar-refractivity contribution in [3.8, 4) is 0 Å². The summed E-state index contributed by atoms with van der Waals surface area (Å²) < 4.78 is 31.1. The molecule has 4 aliphatic heterocycles. The largest absolute Gasteiger partial charge is 0.376 e. The van der Waals surface area contributed by atoms with Crippen molar-refractivity contribution >= 4 is 57.9 Å². The summed E-state index contributed by atoms with van der Waals surface area (Å²) in [5.74, 6) is 2.34. The number of amides is 3. The first kappa shape index (κ1) is 44.4. The van der Waals surface area contributed by atoms with Crippen LogP contribution in [0.1, 0.15) is 107 Å². The molecule has 3 saturated heterocycles. The van der Waals surface area contributed by atoms with Crippen molar-refractivity contribution in [2.24, 2.45) is 11.8 Å². The van der Waals surface area contributed by atoms with Gasteiger partial charge in [0.05, 0.1) is 16.8 Å². The third-order valence-corrected chi connectivity index (χ3v) is 17.0. The molecule has 2 aliphatic carbocycles. The van der Waals surface area contributed by atoms with Gasteiger partial charge in [-0.3, -0.25) is 19.3 Å². The van der Waals surface area contributed by atoms with E-state index in [4.69, 9.17) is 4.98 Å². The van der Waals surface area contributed by atoms with Crippen LogP contribution < -0.4 is 25.3 Å². The van der Waals surface area contributed by atoms with Gasteiger partial charge in [0, 0.05) is 84.1 Å². The fourth-order valence-electron chi connectivity index (χ4n) is 11.2. The highest BCUT2D eigenvalue weighted by Gasteiger charge is 2.62. The third-order valence-electron chi connectivity index (χ3n) is 14.9. The molecule has 3 unspecified atom stereocenters. The Labute approximate surface area is 367 Å². The quantitative estimate of drug-likeness (QED) is 0.235. The molecule has 62 heavy (non-hydrogen) atoms. The molecule has 1 spiro atoms. The predicted molar refractivity (Wildman–Crippen MR) is 240 cm³/mol. The molecule has 2 N–H and O–H groups in total. The number of rotatable bonds is 16. The summed E-state index contributed by atoms with van der Waals surface area (Å²) in [6, 6.07) is 5.38. The minimum absolute atomic E-state index is 0.0465. The number of hydrogen-bond donors (Lipinski definition) is 2. The van der Waals surface area contributed by atoms with Gasteiger partial charge in [-0.1, -0.05) is 25.5 Å². The van der Waals surface area contributed by atoms with Crippen LogP contribution in [-0.4, -0.2) is 141 Å². The number of para-hydroxylation sites is 1. The van der Waals surface area contributed by atoms with E-state index < -0.39 is 21.7 Å². The van der Waals surface area contributed by atoms with Crippen molar-refractivity contribution in [2.45, 2.75) is 120 Å². The molecule has 3 atom stereocenters. The molecule has 16 nitrogen and oxygen atoms in total. The predicted octanol–water partition coefficient (Wildman–Crippen LogP) is 3.88. The number of aromatic nitrogens is 2. The van der Waals surface area contributed by atoms with E-state index in [0.29, 0.717) is 68.9 Å². The second kappa shape index (κ2) is 18.5. The minimum Gasteiger partial charge on any atom is -0.376 e. The number of fused-ring (bicyclic) bond motifs is 2. The Morgan fingerprint density at radius 3 is 2.26 bits per heavy atom. The molecule has 6 aliphatic rings. The van der Waals surface area contributed by atoms with Crippen LogP contribution in [0.25, 0.3) is 0 Å². The lowest BCUT2D eigenvalue weighted by molar-refractivity contribution is -0.123. The first-order chi connectivity index (χ1) is 29.9. The van der Waals surface area contributed by atoms with E-state index in [-0.39, 0.29) is 42.7 Å². The smallest absolute Gasteiger partial charge is 0.281 e. The lowest BCUT2D eigenvalue weighted by Crippen LogP contribution is -2.51. The van der Waals surface area contributed by atoms with Crippen LogP contribution in [0.2, 0.25) is 0 Å². The number of hydrogen-bond acceptors (Lipinski definition) is 11. The molecule has 2 aromatic rings. The van der Waals surface area contributed by atoms with Gasteiger partial charge < -0.3 is 30.1 Å². The fraction of sp³-hybridized carbons (Fsp3) is 0.689. The van der Waals surface area contributed by atoms with Crippen LogP contribution in [0.4, 0.5) is 23.1 Å². The maximum Gasteiger partial charge on any atom is 0.281 e. The number of carbonyl (C=O) groups is 4. The van der Waals surface area contributed by atoms with E-state index in [1.54, 1.807) is 8.61 Å². The molecule has 5 fully saturated rings. The zero-order valence-corrected chi connectivity index (χ0v) is 37.8. The average Bonchev–Trinajstić information content (AvgIpc) is 3.93. The number of benzene rings is 1. The highest BCUT2D eigenvalue weighted by Crippen LogP contribution is 2.58. The second-order valence-electron chi connectivity index (χ2n) is 18.9. The molecule has 17 heteroatoms. The summed E-state index contributed by atoms with van der Waals surface area (Å²) in [5, 5.41) is 6.15. The van der Waals surface area contributed by atoms with Crippen LogP contribution in [0.15, 0.2) is 24.4 Å². The molecule has 338 valence electrons. The molecular weight excluding hydrogens is 809 g/mol. The zero-order chi connectivity index (χ0) is 43.8. The Morgan fingerprint density at radius 1 is 0.968 bits per heavy atom. The van der Waals surface area contributed by atoms with Crippen LogP contribution in [0, 0.1) is 11.8 Å². The summed E-state index contributed by atoms with van der Waals surface area (Å²) in [4.78, 5) is 67.8. The standard InChI is InChI=1S/C45H66N10O6S/c1-31-8-5-10-37(31)55-41-36(45(19-20-45)43(55)59)28-47-44(49-41)48-34-17-25-53(26-18-34)62(60,61)52-23-13-32(14-24-52)29-51-21-15-33(16-22-51)35-9-6-11-38(40(35)50(3)4)54(30-57)39(12-7-27-56)42(58)46-2/h6,9,11,27-28,30-34,37,39H,5,7-8,10,12-26,29H2,1-4H3,(H,46,58)(H,47,48,49).